The number of alkyl halides is 1. The van der Waals surface area contributed by atoms with Crippen molar-refractivity contribution in [1.82, 2.24) is 0 Å². The Balaban J connectivity index is 2.11. The Morgan fingerprint density at radius 2 is 1.67 bits per heavy atom. The third-order valence-corrected chi connectivity index (χ3v) is 5.12. The zero-order valence-corrected chi connectivity index (χ0v) is 15.4. The van der Waals surface area contributed by atoms with Crippen molar-refractivity contribution in [3.05, 3.63) is 0 Å². The Morgan fingerprint density at radius 1 is 1.10 bits per heavy atom. The number of carbonyl (C=O) groups is 1. The van der Waals surface area contributed by atoms with Crippen molar-refractivity contribution in [2.75, 3.05) is 18.4 Å². The van der Waals surface area contributed by atoms with Crippen molar-refractivity contribution >= 4 is 21.9 Å². The predicted molar refractivity (Wildman–Crippen MR) is 90.7 cm³/mol. The van der Waals surface area contributed by atoms with Crippen LogP contribution in [0.2, 0.25) is 0 Å². The predicted octanol–water partition coefficient (Wildman–Crippen LogP) is 3.41. The van der Waals surface area contributed by atoms with Crippen LogP contribution in [0.5, 0.6) is 0 Å². The zero-order valence-electron chi connectivity index (χ0n) is 13.8. The first kappa shape index (κ1) is 19.0. The first-order valence-corrected chi connectivity index (χ1v) is 9.78. The number of carbonyl (C=O) groups excluding carboxylic acids is 1. The van der Waals surface area contributed by atoms with E-state index in [1.807, 2.05) is 0 Å². The Bertz CT molecular complexity index is 289. The van der Waals surface area contributed by atoms with Gasteiger partial charge in [-0.1, -0.05) is 41.6 Å². The van der Waals surface area contributed by atoms with Gasteiger partial charge in [0.2, 0.25) is 0 Å². The summed E-state index contributed by atoms with van der Waals surface area (Å²) in [4.78, 5) is 12.0. The maximum absolute atomic E-state index is 12.0. The second kappa shape index (κ2) is 10.6. The van der Waals surface area contributed by atoms with Gasteiger partial charge in [-0.15, -0.1) is 0 Å². The maximum Gasteiger partial charge on any atom is 0.306 e. The molecule has 0 saturated carbocycles. The first-order chi connectivity index (χ1) is 10.1. The number of unbranched alkanes of at least 4 members (excludes halogenated alkanes) is 5. The van der Waals surface area contributed by atoms with Crippen LogP contribution in [0.15, 0.2) is 0 Å². The van der Waals surface area contributed by atoms with E-state index in [-0.39, 0.29) is 11.6 Å². The summed E-state index contributed by atoms with van der Waals surface area (Å²) < 4.78 is 5.76. The van der Waals surface area contributed by atoms with Gasteiger partial charge in [0.25, 0.3) is 0 Å². The average molecular weight is 363 g/mol. The summed E-state index contributed by atoms with van der Waals surface area (Å²) >= 11 is 3.45. The van der Waals surface area contributed by atoms with Crippen LogP contribution < -0.4 is 5.32 Å². The smallest absolute Gasteiger partial charge is 0.306 e. The number of hydrogen-bond acceptors (Lipinski definition) is 2. The van der Waals surface area contributed by atoms with Gasteiger partial charge in [0.05, 0.1) is 13.1 Å². The number of hydrogen-bond donors (Lipinski definition) is 1. The molecule has 1 aliphatic heterocycles. The van der Waals surface area contributed by atoms with Crippen LogP contribution >= 0.6 is 15.9 Å². The molecule has 2 N–H and O–H groups in total. The summed E-state index contributed by atoms with van der Waals surface area (Å²) in [5, 5.41) is 3.46. The van der Waals surface area contributed by atoms with Gasteiger partial charge in [-0.25, -0.2) is 0 Å². The molecule has 1 fully saturated rings. The highest BCUT2D eigenvalue weighted by molar-refractivity contribution is 9.09. The number of quaternary nitrogens is 1. The minimum Gasteiger partial charge on any atom is -0.459 e. The summed E-state index contributed by atoms with van der Waals surface area (Å²) in [6, 6.07) is 0. The normalized spacial score (nSPS) is 16.9. The van der Waals surface area contributed by atoms with Crippen molar-refractivity contribution in [2.45, 2.75) is 77.2 Å². The SMILES string of the molecule is CC(C)(OC(=O)CCCCCCCCBr)C1CC[NH2+]CC1. The molecule has 3 nitrogen and oxygen atoms in total. The number of halogens is 1. The fourth-order valence-electron chi connectivity index (χ4n) is 3.12. The number of rotatable bonds is 10. The summed E-state index contributed by atoms with van der Waals surface area (Å²) in [5.74, 6) is 0.519. The van der Waals surface area contributed by atoms with E-state index in [1.165, 1.54) is 38.8 Å². The lowest BCUT2D eigenvalue weighted by Gasteiger charge is -2.35. The van der Waals surface area contributed by atoms with Crippen molar-refractivity contribution in [2.24, 2.45) is 5.92 Å². The Kier molecular flexibility index (Phi) is 9.57. The van der Waals surface area contributed by atoms with E-state index in [2.05, 4.69) is 35.1 Å². The summed E-state index contributed by atoms with van der Waals surface area (Å²) in [6.07, 6.45) is 10.1. The highest BCUT2D eigenvalue weighted by Gasteiger charge is 2.35. The lowest BCUT2D eigenvalue weighted by molar-refractivity contribution is -0.665. The number of piperidine rings is 1. The van der Waals surface area contributed by atoms with Gasteiger partial charge >= 0.3 is 5.97 Å². The molecule has 21 heavy (non-hydrogen) atoms. The van der Waals surface area contributed by atoms with E-state index in [4.69, 9.17) is 4.74 Å². The van der Waals surface area contributed by atoms with Crippen LogP contribution in [0.4, 0.5) is 0 Å². The molecule has 0 aromatic carbocycles. The summed E-state index contributed by atoms with van der Waals surface area (Å²) in [5.41, 5.74) is -0.290. The van der Waals surface area contributed by atoms with E-state index in [0.717, 1.165) is 31.0 Å². The van der Waals surface area contributed by atoms with E-state index < -0.39 is 0 Å². The molecule has 1 aliphatic rings. The molecule has 0 bridgehead atoms. The van der Waals surface area contributed by atoms with Gasteiger partial charge < -0.3 is 10.1 Å². The minimum absolute atomic E-state index is 0.00462. The second-order valence-corrected chi connectivity index (χ2v) is 7.57. The molecule has 4 heteroatoms. The van der Waals surface area contributed by atoms with E-state index >= 15 is 0 Å². The monoisotopic (exact) mass is 362 g/mol. The maximum atomic E-state index is 12.0. The molecular weight excluding hydrogens is 330 g/mol. The van der Waals surface area contributed by atoms with Crippen molar-refractivity contribution in [3.63, 3.8) is 0 Å². The highest BCUT2D eigenvalue weighted by atomic mass is 79.9. The number of esters is 1. The van der Waals surface area contributed by atoms with Gasteiger partial charge in [0.15, 0.2) is 0 Å². The molecule has 1 heterocycles. The van der Waals surface area contributed by atoms with Crippen molar-refractivity contribution in [1.29, 1.82) is 0 Å². The summed E-state index contributed by atoms with van der Waals surface area (Å²) in [6.45, 7) is 6.50. The van der Waals surface area contributed by atoms with Crippen LogP contribution in [0.25, 0.3) is 0 Å². The molecular formula is C17H33BrNO2+. The molecule has 0 atom stereocenters. The van der Waals surface area contributed by atoms with E-state index in [0.29, 0.717) is 12.3 Å². The van der Waals surface area contributed by atoms with Crippen LogP contribution in [-0.2, 0) is 9.53 Å². The molecule has 1 rings (SSSR count). The van der Waals surface area contributed by atoms with E-state index in [1.54, 1.807) is 0 Å². The summed E-state index contributed by atoms with van der Waals surface area (Å²) in [7, 11) is 0. The van der Waals surface area contributed by atoms with Crippen molar-refractivity contribution < 1.29 is 14.8 Å². The lowest BCUT2D eigenvalue weighted by Crippen LogP contribution is -2.86. The van der Waals surface area contributed by atoms with Gasteiger partial charge in [-0.3, -0.25) is 4.79 Å². The Morgan fingerprint density at radius 3 is 2.29 bits per heavy atom. The zero-order chi connectivity index (χ0) is 15.6. The standard InChI is InChI=1S/C17H32BrNO2/c1-17(2,15-10-13-19-14-11-15)21-16(20)9-7-5-3-4-6-8-12-18/h15,19H,3-14H2,1-2H3/p+1. The third kappa shape index (κ3) is 8.20. The lowest BCUT2D eigenvalue weighted by atomic mass is 9.83. The molecule has 0 spiro atoms. The number of nitrogens with two attached hydrogens (primary N) is 1. The molecule has 0 aromatic rings. The fraction of sp³-hybridized carbons (Fsp3) is 0.941. The van der Waals surface area contributed by atoms with Crippen LogP contribution in [0, 0.1) is 5.92 Å². The Hall–Kier alpha value is -0.0900. The van der Waals surface area contributed by atoms with Gasteiger partial charge in [0, 0.05) is 30.5 Å². The Labute approximate surface area is 138 Å². The molecule has 1 saturated heterocycles. The molecule has 124 valence electrons. The van der Waals surface area contributed by atoms with Crippen LogP contribution in [-0.4, -0.2) is 30.0 Å². The van der Waals surface area contributed by atoms with Gasteiger partial charge in [0.1, 0.15) is 5.60 Å². The molecule has 0 aliphatic carbocycles. The average Bonchev–Trinajstić information content (AvgIpc) is 2.47. The molecule has 0 unspecified atom stereocenters. The second-order valence-electron chi connectivity index (χ2n) is 6.78. The molecule has 0 amide bonds. The van der Waals surface area contributed by atoms with Crippen molar-refractivity contribution in [3.8, 4) is 0 Å². The largest absolute Gasteiger partial charge is 0.459 e. The third-order valence-electron chi connectivity index (χ3n) is 4.56. The van der Waals surface area contributed by atoms with E-state index in [9.17, 15) is 4.79 Å². The highest BCUT2D eigenvalue weighted by Crippen LogP contribution is 2.28. The van der Waals surface area contributed by atoms with Gasteiger partial charge in [-0.05, 0) is 26.7 Å². The quantitative estimate of drug-likeness (QED) is 0.367. The fourth-order valence-corrected chi connectivity index (χ4v) is 3.52. The molecule has 0 aromatic heterocycles. The molecule has 0 radical (unpaired) electrons. The van der Waals surface area contributed by atoms with Crippen LogP contribution in [0.3, 0.4) is 0 Å². The van der Waals surface area contributed by atoms with Gasteiger partial charge in [-0.2, -0.15) is 0 Å². The van der Waals surface area contributed by atoms with Crippen LogP contribution in [0.1, 0.15) is 71.6 Å². The minimum atomic E-state index is -0.290. The number of ether oxygens (including phenoxy) is 1. The topological polar surface area (TPSA) is 42.9 Å². The first-order valence-electron chi connectivity index (χ1n) is 8.65.